The van der Waals surface area contributed by atoms with E-state index in [0.29, 0.717) is 0 Å². The molecule has 0 fully saturated rings. The predicted octanol–water partition coefficient (Wildman–Crippen LogP) is 1.66. The van der Waals surface area contributed by atoms with Crippen LogP contribution in [0.2, 0.25) is 0 Å². The molecule has 0 heterocycles. The number of hydrogen-bond donors (Lipinski definition) is 2. The van der Waals surface area contributed by atoms with E-state index >= 15 is 0 Å². The normalized spacial score (nSPS) is 15.4. The predicted molar refractivity (Wildman–Crippen MR) is 46.5 cm³/mol. The molecule has 3 heteroatoms. The number of aliphatic hydroxyl groups excluding tert-OH is 1. The molecule has 0 aromatic rings. The quantitative estimate of drug-likeness (QED) is 0.616. The van der Waals surface area contributed by atoms with Gasteiger partial charge in [-0.25, -0.2) is 0 Å². The van der Waals surface area contributed by atoms with Gasteiger partial charge in [-0.1, -0.05) is 25.8 Å². The monoisotopic (exact) mass is 161 g/mol. The molecule has 0 spiro atoms. The summed E-state index contributed by atoms with van der Waals surface area (Å²) in [4.78, 5) is 1.05. The van der Waals surface area contributed by atoms with E-state index in [1.165, 1.54) is 11.9 Å². The van der Waals surface area contributed by atoms with Crippen LogP contribution in [0.25, 0.3) is 0 Å². The summed E-state index contributed by atoms with van der Waals surface area (Å²) in [6, 6.07) is 0. The maximum atomic E-state index is 9.15. The van der Waals surface area contributed by atoms with Crippen molar-refractivity contribution >= 4 is 11.9 Å². The minimum Gasteiger partial charge on any atom is -0.389 e. The molecule has 3 N–H and O–H groups in total. The molecule has 2 nitrogen and oxygen atoms in total. The zero-order valence-electron chi connectivity index (χ0n) is 6.50. The Morgan fingerprint density at radius 2 is 2.30 bits per heavy atom. The second kappa shape index (κ2) is 5.77. The summed E-state index contributed by atoms with van der Waals surface area (Å²) in [6.07, 6.45) is 3.14. The number of hydrogen-bond acceptors (Lipinski definition) is 3. The Hall–Kier alpha value is 0.01000. The summed E-state index contributed by atoms with van der Waals surface area (Å²) in [5.74, 6) is 0. The molecule has 1 atom stereocenters. The SMILES string of the molecule is CC/C(=C/C(O)CC)SN. The third kappa shape index (κ3) is 3.93. The second-order valence-electron chi connectivity index (χ2n) is 2.08. The van der Waals surface area contributed by atoms with Crippen molar-refractivity contribution in [3.8, 4) is 0 Å². The van der Waals surface area contributed by atoms with Gasteiger partial charge in [0, 0.05) is 0 Å². The molecule has 0 aliphatic carbocycles. The first-order valence-electron chi connectivity index (χ1n) is 3.50. The van der Waals surface area contributed by atoms with Crippen molar-refractivity contribution < 1.29 is 5.11 Å². The van der Waals surface area contributed by atoms with Crippen LogP contribution < -0.4 is 5.14 Å². The van der Waals surface area contributed by atoms with Crippen LogP contribution in [0.5, 0.6) is 0 Å². The smallest absolute Gasteiger partial charge is 0.0729 e. The Bertz CT molecular complexity index is 108. The first kappa shape index (κ1) is 10.0. The Morgan fingerprint density at radius 1 is 1.70 bits per heavy atom. The molecule has 0 saturated carbocycles. The highest BCUT2D eigenvalue weighted by Gasteiger charge is 1.97. The second-order valence-corrected chi connectivity index (χ2v) is 2.84. The van der Waals surface area contributed by atoms with Crippen LogP contribution in [0, 0.1) is 0 Å². The zero-order valence-corrected chi connectivity index (χ0v) is 7.32. The van der Waals surface area contributed by atoms with Gasteiger partial charge in [-0.3, -0.25) is 5.14 Å². The van der Waals surface area contributed by atoms with Gasteiger partial charge in [-0.15, -0.1) is 0 Å². The average Bonchev–Trinajstić information content (AvgIpc) is 1.99. The summed E-state index contributed by atoms with van der Waals surface area (Å²) in [7, 11) is 0. The van der Waals surface area contributed by atoms with E-state index in [-0.39, 0.29) is 6.10 Å². The highest BCUT2D eigenvalue weighted by atomic mass is 32.2. The van der Waals surface area contributed by atoms with Gasteiger partial charge in [0.05, 0.1) is 6.10 Å². The van der Waals surface area contributed by atoms with Crippen molar-refractivity contribution in [3.63, 3.8) is 0 Å². The zero-order chi connectivity index (χ0) is 7.98. The van der Waals surface area contributed by atoms with Gasteiger partial charge in [0.2, 0.25) is 0 Å². The van der Waals surface area contributed by atoms with Crippen molar-refractivity contribution in [2.24, 2.45) is 5.14 Å². The van der Waals surface area contributed by atoms with E-state index < -0.39 is 0 Å². The van der Waals surface area contributed by atoms with Crippen LogP contribution in [-0.2, 0) is 0 Å². The van der Waals surface area contributed by atoms with Crippen LogP contribution >= 0.6 is 11.9 Å². The summed E-state index contributed by atoms with van der Waals surface area (Å²) in [5.41, 5.74) is 0. The first-order chi connectivity index (χ1) is 4.74. The fourth-order valence-corrected chi connectivity index (χ4v) is 0.975. The van der Waals surface area contributed by atoms with Gasteiger partial charge in [-0.05, 0) is 23.8 Å². The molecule has 1 unspecified atom stereocenters. The fraction of sp³-hybridized carbons (Fsp3) is 0.714. The molecule has 10 heavy (non-hydrogen) atoms. The van der Waals surface area contributed by atoms with Gasteiger partial charge < -0.3 is 5.11 Å². The number of aliphatic hydroxyl groups is 1. The molecule has 0 saturated heterocycles. The van der Waals surface area contributed by atoms with Crippen LogP contribution in [0.4, 0.5) is 0 Å². The molecule has 0 aliphatic heterocycles. The molecular weight excluding hydrogens is 146 g/mol. The lowest BCUT2D eigenvalue weighted by molar-refractivity contribution is 0.218. The minimum atomic E-state index is -0.328. The average molecular weight is 161 g/mol. The summed E-state index contributed by atoms with van der Waals surface area (Å²) >= 11 is 1.21. The molecule has 0 radical (unpaired) electrons. The fourth-order valence-electron chi connectivity index (χ4n) is 0.573. The maximum absolute atomic E-state index is 9.15. The number of nitrogens with two attached hydrogens (primary N) is 1. The van der Waals surface area contributed by atoms with Crippen LogP contribution in [-0.4, -0.2) is 11.2 Å². The topological polar surface area (TPSA) is 46.2 Å². The van der Waals surface area contributed by atoms with Gasteiger partial charge in [0.1, 0.15) is 0 Å². The Balaban J connectivity index is 3.83. The molecule has 0 bridgehead atoms. The Kier molecular flexibility index (Phi) is 5.78. The van der Waals surface area contributed by atoms with Gasteiger partial charge in [-0.2, -0.15) is 0 Å². The molecule has 0 aliphatic rings. The van der Waals surface area contributed by atoms with Crippen molar-refractivity contribution in [3.05, 3.63) is 11.0 Å². The van der Waals surface area contributed by atoms with Crippen molar-refractivity contribution in [1.29, 1.82) is 0 Å². The van der Waals surface area contributed by atoms with E-state index in [0.717, 1.165) is 17.7 Å². The highest BCUT2D eigenvalue weighted by Crippen LogP contribution is 2.13. The lowest BCUT2D eigenvalue weighted by atomic mass is 10.2. The lowest BCUT2D eigenvalue weighted by Crippen LogP contribution is -2.00. The van der Waals surface area contributed by atoms with Gasteiger partial charge in [0.25, 0.3) is 0 Å². The summed E-state index contributed by atoms with van der Waals surface area (Å²) < 4.78 is 0. The molecule has 0 amide bonds. The number of rotatable bonds is 4. The van der Waals surface area contributed by atoms with E-state index in [1.807, 2.05) is 19.9 Å². The lowest BCUT2D eigenvalue weighted by Gasteiger charge is -2.03. The molecule has 60 valence electrons. The van der Waals surface area contributed by atoms with E-state index in [1.54, 1.807) is 0 Å². The molecule has 0 aromatic carbocycles. The van der Waals surface area contributed by atoms with Crippen LogP contribution in [0.1, 0.15) is 26.7 Å². The third-order valence-corrected chi connectivity index (χ3v) is 2.02. The summed E-state index contributed by atoms with van der Waals surface area (Å²) in [5, 5.41) is 14.5. The summed E-state index contributed by atoms with van der Waals surface area (Å²) in [6.45, 7) is 3.96. The van der Waals surface area contributed by atoms with Crippen molar-refractivity contribution in [2.45, 2.75) is 32.8 Å². The van der Waals surface area contributed by atoms with E-state index in [4.69, 9.17) is 10.2 Å². The minimum absolute atomic E-state index is 0.328. The van der Waals surface area contributed by atoms with Crippen LogP contribution in [0.3, 0.4) is 0 Å². The van der Waals surface area contributed by atoms with Crippen LogP contribution in [0.15, 0.2) is 11.0 Å². The number of allylic oxidation sites excluding steroid dienone is 1. The van der Waals surface area contributed by atoms with E-state index in [9.17, 15) is 0 Å². The third-order valence-electron chi connectivity index (χ3n) is 1.30. The highest BCUT2D eigenvalue weighted by molar-refractivity contribution is 8.00. The maximum Gasteiger partial charge on any atom is 0.0729 e. The first-order valence-corrected chi connectivity index (χ1v) is 4.38. The largest absolute Gasteiger partial charge is 0.389 e. The standard InChI is InChI=1S/C7H15NOS/c1-3-6(9)5-7(4-2)10-8/h5-6,9H,3-4,8H2,1-2H3/b7-5-. The van der Waals surface area contributed by atoms with E-state index in [2.05, 4.69) is 0 Å². The van der Waals surface area contributed by atoms with Crippen molar-refractivity contribution in [1.82, 2.24) is 0 Å². The van der Waals surface area contributed by atoms with Gasteiger partial charge >= 0.3 is 0 Å². The molecule has 0 rings (SSSR count). The Labute approximate surface area is 66.6 Å². The van der Waals surface area contributed by atoms with Gasteiger partial charge in [0.15, 0.2) is 0 Å². The van der Waals surface area contributed by atoms with Crippen molar-refractivity contribution in [2.75, 3.05) is 0 Å². The Morgan fingerprint density at radius 3 is 2.60 bits per heavy atom. The molecular formula is C7H15NOS. The molecule has 0 aromatic heterocycles.